The quantitative estimate of drug-likeness (QED) is 0.0406. The Balaban J connectivity index is 4.57. The van der Waals surface area contributed by atoms with Gasteiger partial charge >= 0.3 is 5.97 Å². The zero-order valence-electron chi connectivity index (χ0n) is 83.4. The topological polar surface area (TPSA) is 500 Å². The summed E-state index contributed by atoms with van der Waals surface area (Å²) >= 11 is 0. The number of rotatable bonds is 35. The summed E-state index contributed by atoms with van der Waals surface area (Å²) in [5.74, 6) is -20.3. The number of nitrogens with zero attached hydrogens (tertiary/aromatic N) is 5. The molecule has 0 saturated carbocycles. The summed E-state index contributed by atoms with van der Waals surface area (Å²) in [5, 5.41) is 30.6. The zero-order chi connectivity index (χ0) is 99.4. The molecule has 9 unspecified atom stereocenters. The molecule has 14 amide bonds. The molecule has 1 heterocycles. The second kappa shape index (κ2) is 57.3. The first kappa shape index (κ1) is 118. The van der Waals surface area contributed by atoms with E-state index < -0.39 is 259 Å². The zero-order valence-corrected chi connectivity index (χ0v) is 83.4. The molecule has 13 N–H and O–H groups in total. The highest BCUT2D eigenvalue weighted by molar-refractivity contribution is 5.99. The van der Waals surface area contributed by atoms with Crippen molar-refractivity contribution in [3.63, 3.8) is 0 Å². The van der Waals surface area contributed by atoms with E-state index in [1.165, 1.54) is 56.2 Å². The van der Waals surface area contributed by atoms with Gasteiger partial charge in [0.25, 0.3) is 0 Å². The summed E-state index contributed by atoms with van der Waals surface area (Å²) in [6.07, 6.45) is -1.98. The largest absolute Gasteiger partial charge is 0.458 e. The van der Waals surface area contributed by atoms with E-state index in [-0.39, 0.29) is 92.5 Å². The monoisotopic (exact) mass is 1830 g/mol. The van der Waals surface area contributed by atoms with Gasteiger partial charge in [-0.2, -0.15) is 0 Å². The number of likely N-dealkylation sites (N-methyl/N-ethyl adjacent to an activating group) is 7. The molecule has 1 fully saturated rings. The van der Waals surface area contributed by atoms with Crippen LogP contribution in [0.5, 0.6) is 0 Å². The molecule has 1 aliphatic rings. The minimum absolute atomic E-state index is 0.00434. The summed E-state index contributed by atoms with van der Waals surface area (Å²) < 4.78 is 11.2. The van der Waals surface area contributed by atoms with Crippen molar-refractivity contribution in [2.24, 2.45) is 82.7 Å². The van der Waals surface area contributed by atoms with E-state index in [0.717, 1.165) is 24.5 Å². The van der Waals surface area contributed by atoms with Gasteiger partial charge in [-0.1, -0.05) is 165 Å². The van der Waals surface area contributed by atoms with E-state index in [1.54, 1.807) is 118 Å². The van der Waals surface area contributed by atoms with Crippen LogP contribution < -0.4 is 64.2 Å². The standard InChI is InChI=1S/C92H165N17O20/c1-32-53(14)72(93)81(116)59(20)57(18)76-90(125)107(28)78(52(12)13)91(126)105(26)61(22)83(118)97-41-37-69(113)100-63(43-48(4)5)87(122)108(29)79(56(17)46-66(110)74(94-24)54(15)33-2)92(127)129-62(23)77(104-84(119)65(45-50(8)9)106(27)89(124)73(51(10)11)103-71(115)47-128-31)85(120)98-40-35-67(111)96-39-36-68(112)101-64(44-49(6)7)88(123)109(30)80(86(121)99-42-38-70(114)102-76)58(19)60(21)82(117)75(95-25)55(16)34-3/h48-65,72-80,94-95H,32-47,93H2,1-31H3,(H,96,111)(H,97,118)(H,98,120)(H,99,121)(H,100,113)(H,101,112)(H,102,114)(H,103,115)(H,104,119)/t53-,54-,55-,56?,57?,58?,59?,60?,61-,62+,63?,64+,65+,72+,73-,74+,75-,76?,77-,78?,79+,80?/m0/s1. The highest BCUT2D eigenvalue weighted by Crippen LogP contribution is 2.30. The maximum Gasteiger partial charge on any atom is 0.329 e. The van der Waals surface area contributed by atoms with Crippen LogP contribution >= 0.6 is 0 Å². The SMILES string of the molecule is CC[C@H](C)[C@H](NC)C(=O)C(C)C(C)C1C(=O)NCCC(=O)NC(C(C)C(C)C(=O)[C@H](N)[C@@H](C)CC)C(=O)N(C)C(C(C)C)C(=O)N(C)[C@@H](C)C(=O)NCCC(=O)NC(CC(C)C)C(=O)N(C)[C@H](C(C)CC(=O)[C@H](NC)[C@@H](C)CC)C(=O)O[C@H](C)[C@H](NC(=O)[C@@H](CC(C)C)N(C)C(=O)[C@@H](NC(=O)COC)C(C)C)C(=O)NCCC(=O)NCCC(=O)N[C@H](CC(C)C)C(=O)N1C. The normalized spacial score (nSPS) is 24.1. The lowest BCUT2D eigenvalue weighted by atomic mass is 9.79. The number of cyclic esters (lactones) is 1. The van der Waals surface area contributed by atoms with Crippen molar-refractivity contribution in [3.8, 4) is 0 Å². The molecule has 37 heteroatoms. The van der Waals surface area contributed by atoms with Gasteiger partial charge in [0.2, 0.25) is 82.7 Å². The van der Waals surface area contributed by atoms with Gasteiger partial charge in [-0.3, -0.25) is 81.5 Å². The lowest BCUT2D eigenvalue weighted by Gasteiger charge is -2.38. The Labute approximate surface area is 767 Å². The highest BCUT2D eigenvalue weighted by Gasteiger charge is 2.47. The number of ether oxygens (including phenoxy) is 2. The highest BCUT2D eigenvalue weighted by atomic mass is 16.5. The summed E-state index contributed by atoms with van der Waals surface area (Å²) in [5.41, 5.74) is 6.52. The molecular weight excluding hydrogens is 1660 g/mol. The molecule has 0 bridgehead atoms. The second-order valence-corrected chi connectivity index (χ2v) is 37.7. The summed E-state index contributed by atoms with van der Waals surface area (Å²) in [6.45, 7) is 37.6. The van der Waals surface area contributed by atoms with Gasteiger partial charge in [-0.05, 0) is 112 Å². The van der Waals surface area contributed by atoms with E-state index in [2.05, 4.69) is 58.5 Å². The molecule has 129 heavy (non-hydrogen) atoms. The Morgan fingerprint density at radius 3 is 1.41 bits per heavy atom. The number of methoxy groups -OCH3 is 1. The van der Waals surface area contributed by atoms with Crippen molar-refractivity contribution in [1.82, 2.24) is 83.0 Å². The number of nitrogens with one attached hydrogen (secondary N) is 11. The number of amides is 14. The first-order valence-electron chi connectivity index (χ1n) is 46.3. The molecular formula is C92H165N17O20. The summed E-state index contributed by atoms with van der Waals surface area (Å²) in [4.78, 5) is 268. The molecule has 0 aromatic rings. The van der Waals surface area contributed by atoms with Gasteiger partial charge in [-0.15, -0.1) is 0 Å². The van der Waals surface area contributed by atoms with Crippen molar-refractivity contribution in [2.75, 3.05) is 89.2 Å². The predicted molar refractivity (Wildman–Crippen MR) is 492 cm³/mol. The van der Waals surface area contributed by atoms with E-state index in [0.29, 0.717) is 19.3 Å². The molecule has 0 aromatic carbocycles. The van der Waals surface area contributed by atoms with E-state index in [9.17, 15) is 57.5 Å². The Hall–Kier alpha value is -9.10. The third-order valence-electron chi connectivity index (χ3n) is 25.4. The van der Waals surface area contributed by atoms with Crippen LogP contribution in [0.2, 0.25) is 0 Å². The van der Waals surface area contributed by atoms with Crippen LogP contribution in [0.4, 0.5) is 0 Å². The average Bonchev–Trinajstić information content (AvgIpc) is 0.790. The van der Waals surface area contributed by atoms with Crippen LogP contribution in [-0.2, 0) is 95.8 Å². The lowest BCUT2D eigenvalue weighted by Crippen LogP contribution is -2.61. The van der Waals surface area contributed by atoms with E-state index in [1.807, 2.05) is 41.5 Å². The Morgan fingerprint density at radius 1 is 0.512 bits per heavy atom. The number of nitrogens with two attached hydrogens (primary N) is 1. The van der Waals surface area contributed by atoms with Crippen molar-refractivity contribution < 1.29 is 95.8 Å². The number of esters is 1. The molecule has 738 valence electrons. The number of carbonyl (C=O) groups excluding carboxylic acids is 18. The first-order chi connectivity index (χ1) is 60.0. The van der Waals surface area contributed by atoms with Gasteiger partial charge < -0.3 is 98.2 Å². The minimum atomic E-state index is -1.85. The molecule has 0 radical (unpaired) electrons. The summed E-state index contributed by atoms with van der Waals surface area (Å²) in [6, 6.07) is -16.5. The van der Waals surface area contributed by atoms with Crippen LogP contribution in [0.1, 0.15) is 230 Å². The van der Waals surface area contributed by atoms with Crippen molar-refractivity contribution in [2.45, 2.75) is 315 Å². The van der Waals surface area contributed by atoms with Crippen LogP contribution in [-0.4, -0.2) is 304 Å². The van der Waals surface area contributed by atoms with E-state index in [4.69, 9.17) is 15.2 Å². The fourth-order valence-corrected chi connectivity index (χ4v) is 16.2. The maximum absolute atomic E-state index is 15.4. The Kier molecular flexibility index (Phi) is 52.3. The molecule has 0 aromatic heterocycles. The van der Waals surface area contributed by atoms with Crippen LogP contribution in [0, 0.1) is 76.9 Å². The van der Waals surface area contributed by atoms with Gasteiger partial charge in [0.15, 0.2) is 11.6 Å². The molecule has 0 aliphatic carbocycles. The molecule has 1 rings (SSSR count). The Bertz CT molecular complexity index is 3730. The smallest absolute Gasteiger partial charge is 0.329 e. The van der Waals surface area contributed by atoms with Gasteiger partial charge in [0.05, 0.1) is 18.1 Å². The first-order valence-corrected chi connectivity index (χ1v) is 46.3. The number of Topliss-reactive ketones (excluding diaryl/α,β-unsaturated/α-hetero) is 3. The van der Waals surface area contributed by atoms with Crippen LogP contribution in [0.15, 0.2) is 0 Å². The number of ketones is 3. The molecule has 0 spiro atoms. The fourth-order valence-electron chi connectivity index (χ4n) is 16.2. The van der Waals surface area contributed by atoms with Crippen LogP contribution in [0.25, 0.3) is 0 Å². The summed E-state index contributed by atoms with van der Waals surface area (Å²) in [7, 11) is 11.3. The lowest BCUT2D eigenvalue weighted by molar-refractivity contribution is -0.164. The van der Waals surface area contributed by atoms with Gasteiger partial charge in [0.1, 0.15) is 78.9 Å². The maximum atomic E-state index is 15.4. The Morgan fingerprint density at radius 2 is 0.953 bits per heavy atom. The number of carbonyl (C=O) groups is 18. The van der Waals surface area contributed by atoms with Crippen molar-refractivity contribution >= 4 is 106 Å². The number of hydrogen-bond donors (Lipinski definition) is 12. The fraction of sp³-hybridized carbons (Fsp3) is 0.804. The average molecular weight is 1830 g/mol. The molecule has 37 nitrogen and oxygen atoms in total. The third-order valence-corrected chi connectivity index (χ3v) is 25.4. The second-order valence-electron chi connectivity index (χ2n) is 37.7. The molecule has 22 atom stereocenters. The number of hydrogen-bond acceptors (Lipinski definition) is 23. The molecule has 1 aliphatic heterocycles. The predicted octanol–water partition coefficient (Wildman–Crippen LogP) is 2.55. The molecule has 1 saturated heterocycles. The van der Waals surface area contributed by atoms with Crippen molar-refractivity contribution in [3.05, 3.63) is 0 Å². The van der Waals surface area contributed by atoms with E-state index >= 15 is 28.8 Å². The minimum Gasteiger partial charge on any atom is -0.458 e. The van der Waals surface area contributed by atoms with Gasteiger partial charge in [0, 0.05) is 112 Å². The van der Waals surface area contributed by atoms with Crippen LogP contribution in [0.3, 0.4) is 0 Å². The third kappa shape index (κ3) is 36.2. The van der Waals surface area contributed by atoms with Gasteiger partial charge in [-0.25, -0.2) is 4.79 Å². The van der Waals surface area contributed by atoms with Crippen molar-refractivity contribution in [1.29, 1.82) is 0 Å².